The molecule has 17 heavy (non-hydrogen) atoms. The van der Waals surface area contributed by atoms with Crippen molar-refractivity contribution in [2.24, 2.45) is 0 Å². The van der Waals surface area contributed by atoms with Gasteiger partial charge in [-0.3, -0.25) is 0 Å². The zero-order valence-electron chi connectivity index (χ0n) is 10.6. The molecule has 0 spiro atoms. The molecule has 0 aromatic rings. The highest BCUT2D eigenvalue weighted by molar-refractivity contribution is 9.09. The van der Waals surface area contributed by atoms with Crippen LogP contribution in [0.2, 0.25) is 0 Å². The van der Waals surface area contributed by atoms with Gasteiger partial charge < -0.3 is 9.47 Å². The number of hydrogen-bond acceptors (Lipinski definition) is 5. The largest absolute Gasteiger partial charge is 0.463 e. The Hall–Kier alpha value is -0.430. The molecule has 2 unspecified atom stereocenters. The number of hydrogen-bond donors (Lipinski definition) is 0. The molecular formula is C11H19BrO5. The van der Waals surface area contributed by atoms with E-state index in [1.165, 1.54) is 7.11 Å². The van der Waals surface area contributed by atoms with Crippen molar-refractivity contribution in [3.8, 4) is 0 Å². The number of carbonyl (C=O) groups excluding carboxylic acids is 1. The molecule has 6 heteroatoms. The summed E-state index contributed by atoms with van der Waals surface area (Å²) in [4.78, 5) is 21.5. The lowest BCUT2D eigenvalue weighted by atomic mass is 10.2. The summed E-state index contributed by atoms with van der Waals surface area (Å²) in [5.41, 5.74) is 0.194. The maximum atomic E-state index is 11.4. The molecule has 0 rings (SSSR count). The van der Waals surface area contributed by atoms with E-state index >= 15 is 0 Å². The van der Waals surface area contributed by atoms with Crippen LogP contribution in [0.25, 0.3) is 0 Å². The maximum absolute atomic E-state index is 11.4. The molecule has 2 atom stereocenters. The van der Waals surface area contributed by atoms with E-state index < -0.39 is 17.9 Å². The average Bonchev–Trinajstić information content (AvgIpc) is 2.34. The molecule has 0 saturated heterocycles. The highest BCUT2D eigenvalue weighted by Crippen LogP contribution is 2.17. The van der Waals surface area contributed by atoms with Gasteiger partial charge in [-0.05, 0) is 20.8 Å². The van der Waals surface area contributed by atoms with Gasteiger partial charge in [-0.15, -0.1) is 0 Å². The lowest BCUT2D eigenvalue weighted by molar-refractivity contribution is -0.421. The third kappa shape index (κ3) is 5.63. The van der Waals surface area contributed by atoms with E-state index in [0.29, 0.717) is 11.9 Å². The lowest BCUT2D eigenvalue weighted by Gasteiger charge is -2.26. The Labute approximate surface area is 110 Å². The number of carbonyl (C=O) groups is 1. The Morgan fingerprint density at radius 2 is 2.12 bits per heavy atom. The van der Waals surface area contributed by atoms with Crippen LogP contribution in [0.4, 0.5) is 0 Å². The lowest BCUT2D eigenvalue weighted by Crippen LogP contribution is -2.35. The van der Waals surface area contributed by atoms with E-state index in [4.69, 9.17) is 19.2 Å². The quantitative estimate of drug-likeness (QED) is 0.172. The van der Waals surface area contributed by atoms with Gasteiger partial charge in [-0.1, -0.05) is 22.5 Å². The monoisotopic (exact) mass is 310 g/mol. The second-order valence-electron chi connectivity index (χ2n) is 3.54. The molecule has 100 valence electrons. The number of esters is 1. The van der Waals surface area contributed by atoms with Gasteiger partial charge in [-0.25, -0.2) is 9.68 Å². The molecule has 0 aliphatic rings. The number of ether oxygens (including phenoxy) is 2. The Balaban J connectivity index is 4.22. The second kappa shape index (κ2) is 7.81. The summed E-state index contributed by atoms with van der Waals surface area (Å²) in [6, 6.07) is 0. The van der Waals surface area contributed by atoms with Crippen LogP contribution in [-0.4, -0.2) is 36.9 Å². The molecule has 0 amide bonds. The average molecular weight is 311 g/mol. The minimum Gasteiger partial charge on any atom is -0.463 e. The summed E-state index contributed by atoms with van der Waals surface area (Å²) >= 11 is 3.23. The van der Waals surface area contributed by atoms with Crippen molar-refractivity contribution in [1.82, 2.24) is 0 Å². The van der Waals surface area contributed by atoms with Crippen LogP contribution in [0.5, 0.6) is 0 Å². The van der Waals surface area contributed by atoms with Gasteiger partial charge in [0.15, 0.2) is 0 Å². The Morgan fingerprint density at radius 3 is 2.53 bits per heavy atom. The molecule has 0 radical (unpaired) electrons. The van der Waals surface area contributed by atoms with Crippen LogP contribution in [-0.2, 0) is 24.0 Å². The van der Waals surface area contributed by atoms with Crippen molar-refractivity contribution in [1.29, 1.82) is 0 Å². The van der Waals surface area contributed by atoms with Crippen molar-refractivity contribution < 1.29 is 24.0 Å². The molecule has 0 aliphatic carbocycles. The zero-order chi connectivity index (χ0) is 13.5. The van der Waals surface area contributed by atoms with Crippen molar-refractivity contribution in [3.05, 3.63) is 12.2 Å². The van der Waals surface area contributed by atoms with Crippen LogP contribution in [0.3, 0.4) is 0 Å². The summed E-state index contributed by atoms with van der Waals surface area (Å²) in [5.74, 6) is -1.41. The summed E-state index contributed by atoms with van der Waals surface area (Å²) in [6.45, 7) is 8.95. The van der Waals surface area contributed by atoms with Gasteiger partial charge in [0, 0.05) is 7.11 Å². The minimum atomic E-state index is -0.913. The number of methoxy groups -OCH3 is 1. The van der Waals surface area contributed by atoms with Gasteiger partial charge in [0.25, 0.3) is 0 Å². The van der Waals surface area contributed by atoms with Crippen molar-refractivity contribution >= 4 is 21.9 Å². The first-order chi connectivity index (χ1) is 7.90. The fourth-order valence-corrected chi connectivity index (χ4v) is 1.05. The third-order valence-corrected chi connectivity index (χ3v) is 3.09. The smallest absolute Gasteiger partial charge is 0.336 e. The summed E-state index contributed by atoms with van der Waals surface area (Å²) < 4.78 is 9.88. The molecule has 0 bridgehead atoms. The third-order valence-electron chi connectivity index (χ3n) is 2.07. The van der Waals surface area contributed by atoms with E-state index in [1.54, 1.807) is 20.8 Å². The second-order valence-corrected chi connectivity index (χ2v) is 4.10. The molecule has 0 aromatic heterocycles. The van der Waals surface area contributed by atoms with Gasteiger partial charge >= 0.3 is 5.97 Å². The highest BCUT2D eigenvalue weighted by Gasteiger charge is 2.27. The van der Waals surface area contributed by atoms with Crippen molar-refractivity contribution in [2.75, 3.05) is 19.0 Å². The molecule has 0 N–H and O–H groups in total. The van der Waals surface area contributed by atoms with Crippen molar-refractivity contribution in [2.45, 2.75) is 32.7 Å². The molecule has 0 aliphatic heterocycles. The summed E-state index contributed by atoms with van der Waals surface area (Å²) in [7, 11) is 1.50. The van der Waals surface area contributed by atoms with Crippen LogP contribution >= 0.6 is 15.9 Å². The first kappa shape index (κ1) is 16.6. The Morgan fingerprint density at radius 1 is 1.53 bits per heavy atom. The fourth-order valence-electron chi connectivity index (χ4n) is 0.733. The topological polar surface area (TPSA) is 54.0 Å². The molecular weight excluding hydrogens is 292 g/mol. The van der Waals surface area contributed by atoms with E-state index in [2.05, 4.69) is 22.5 Å². The first-order valence-corrected chi connectivity index (χ1v) is 6.33. The summed E-state index contributed by atoms with van der Waals surface area (Å²) in [5, 5.41) is 0.426. The van der Waals surface area contributed by atoms with Gasteiger partial charge in [-0.2, -0.15) is 4.89 Å². The number of rotatable bonds is 8. The van der Waals surface area contributed by atoms with Crippen LogP contribution in [0, 0.1) is 0 Å². The van der Waals surface area contributed by atoms with Crippen molar-refractivity contribution in [3.63, 3.8) is 0 Å². The van der Waals surface area contributed by atoms with Gasteiger partial charge in [0.1, 0.15) is 6.10 Å². The molecule has 0 saturated carbocycles. The molecule has 0 aromatic carbocycles. The molecule has 0 heterocycles. The Kier molecular flexibility index (Phi) is 7.61. The Bertz CT molecular complexity index is 263. The number of alkyl halides is 1. The SMILES string of the molecule is C=C(C(=O)OCC)C(C)OOC(C)(CBr)OC. The fraction of sp³-hybridized carbons (Fsp3) is 0.727. The van der Waals surface area contributed by atoms with E-state index in [-0.39, 0.29) is 5.57 Å². The predicted molar refractivity (Wildman–Crippen MR) is 66.6 cm³/mol. The normalized spacial score (nSPS) is 16.1. The molecule has 5 nitrogen and oxygen atoms in total. The molecule has 0 fully saturated rings. The van der Waals surface area contributed by atoms with Gasteiger partial charge in [0.2, 0.25) is 5.79 Å². The number of halogens is 1. The van der Waals surface area contributed by atoms with E-state index in [1.807, 2.05) is 0 Å². The standard InChI is InChI=1S/C11H19BrO5/c1-6-15-10(13)8(2)9(3)16-17-11(4,7-12)14-5/h9H,2,6-7H2,1,3-5H3. The van der Waals surface area contributed by atoms with Crippen LogP contribution in [0.15, 0.2) is 12.2 Å². The predicted octanol–water partition coefficient (Wildman–Crippen LogP) is 2.20. The first-order valence-electron chi connectivity index (χ1n) is 5.21. The van der Waals surface area contributed by atoms with E-state index in [0.717, 1.165) is 0 Å². The zero-order valence-corrected chi connectivity index (χ0v) is 12.2. The minimum absolute atomic E-state index is 0.194. The summed E-state index contributed by atoms with van der Waals surface area (Å²) in [6.07, 6.45) is -0.609. The van der Waals surface area contributed by atoms with E-state index in [9.17, 15) is 4.79 Å². The van der Waals surface area contributed by atoms with Crippen LogP contribution < -0.4 is 0 Å². The van der Waals surface area contributed by atoms with Gasteiger partial charge in [0.05, 0.1) is 17.5 Å². The maximum Gasteiger partial charge on any atom is 0.336 e. The van der Waals surface area contributed by atoms with Crippen LogP contribution in [0.1, 0.15) is 20.8 Å². The highest BCUT2D eigenvalue weighted by atomic mass is 79.9.